The van der Waals surface area contributed by atoms with Crippen LogP contribution in [0.4, 0.5) is 4.39 Å². The molecule has 0 unspecified atom stereocenters. The van der Waals surface area contributed by atoms with E-state index >= 15 is 0 Å². The van der Waals surface area contributed by atoms with Gasteiger partial charge in [0.15, 0.2) is 0 Å². The molecule has 0 saturated heterocycles. The second-order valence-corrected chi connectivity index (χ2v) is 8.53. The summed E-state index contributed by atoms with van der Waals surface area (Å²) in [4.78, 5) is 0. The molecule has 0 aromatic heterocycles. The Morgan fingerprint density at radius 2 is 1.68 bits per heavy atom. The molecule has 0 radical (unpaired) electrons. The lowest BCUT2D eigenvalue weighted by Crippen LogP contribution is -1.97. The highest BCUT2D eigenvalue weighted by molar-refractivity contribution is 9.11. The monoisotopic (exact) mass is 563 g/mol. The Morgan fingerprint density at radius 1 is 1.00 bits per heavy atom. The molecule has 3 aromatic carbocycles. The van der Waals surface area contributed by atoms with Crippen LogP contribution in [0.3, 0.4) is 0 Å². The summed E-state index contributed by atoms with van der Waals surface area (Å²) in [5, 5.41) is 9.46. The first-order valence-electron chi connectivity index (χ1n) is 8.20. The van der Waals surface area contributed by atoms with Crippen molar-refractivity contribution in [2.24, 2.45) is 0 Å². The van der Waals surface area contributed by atoms with E-state index in [0.717, 1.165) is 24.5 Å². The average Bonchev–Trinajstić information content (AvgIpc) is 2.67. The zero-order chi connectivity index (χ0) is 20.1. The molecule has 0 saturated carbocycles. The van der Waals surface area contributed by atoms with E-state index in [1.54, 1.807) is 18.2 Å². The quantitative estimate of drug-likeness (QED) is 0.234. The molecular weight excluding hydrogens is 553 g/mol. The van der Waals surface area contributed by atoms with Crippen LogP contribution < -0.4 is 4.74 Å². The molecule has 140 valence electrons. The highest BCUT2D eigenvalue weighted by Crippen LogP contribution is 2.36. The summed E-state index contributed by atoms with van der Waals surface area (Å²) < 4.78 is 21.9. The molecule has 3 rings (SSSR count). The standard InChI is InChI=1S/C22H13Br3FNO/c23-18-6-4-14(5-7-18)13-28-22-20(24)9-15(10-21(22)25)8-17(12-27)16-2-1-3-19(26)11-16/h1-11H,13H2/b17-8-. The molecule has 0 bridgehead atoms. The third-order valence-electron chi connectivity index (χ3n) is 3.88. The molecule has 0 atom stereocenters. The summed E-state index contributed by atoms with van der Waals surface area (Å²) >= 11 is 10.5. The number of halogens is 4. The van der Waals surface area contributed by atoms with Crippen molar-refractivity contribution >= 4 is 59.4 Å². The van der Waals surface area contributed by atoms with Crippen LogP contribution in [0.5, 0.6) is 5.75 Å². The Balaban J connectivity index is 1.84. The van der Waals surface area contributed by atoms with Gasteiger partial charge in [-0.25, -0.2) is 4.39 Å². The first-order valence-corrected chi connectivity index (χ1v) is 10.6. The Labute approximate surface area is 188 Å². The zero-order valence-corrected chi connectivity index (χ0v) is 19.2. The molecule has 0 aliphatic carbocycles. The van der Waals surface area contributed by atoms with Crippen LogP contribution >= 0.6 is 47.8 Å². The minimum atomic E-state index is -0.377. The van der Waals surface area contributed by atoms with E-state index in [-0.39, 0.29) is 5.82 Å². The number of nitriles is 1. The molecule has 3 aromatic rings. The molecule has 0 fully saturated rings. The van der Waals surface area contributed by atoms with Gasteiger partial charge in [-0.15, -0.1) is 0 Å². The summed E-state index contributed by atoms with van der Waals surface area (Å²) in [5.41, 5.74) is 2.74. The van der Waals surface area contributed by atoms with Crippen molar-refractivity contribution in [3.63, 3.8) is 0 Å². The van der Waals surface area contributed by atoms with Crippen LogP contribution in [0.1, 0.15) is 16.7 Å². The molecule has 0 heterocycles. The predicted octanol–water partition coefficient (Wildman–Crippen LogP) is 7.76. The number of hydrogen-bond acceptors (Lipinski definition) is 2. The number of ether oxygens (including phenoxy) is 1. The van der Waals surface area contributed by atoms with Crippen molar-refractivity contribution in [2.45, 2.75) is 6.61 Å². The second-order valence-electron chi connectivity index (χ2n) is 5.91. The topological polar surface area (TPSA) is 33.0 Å². The van der Waals surface area contributed by atoms with Crippen LogP contribution in [0.25, 0.3) is 11.6 Å². The van der Waals surface area contributed by atoms with Crippen LogP contribution in [0.15, 0.2) is 74.1 Å². The normalized spacial score (nSPS) is 11.2. The molecular formula is C22H13Br3FNO. The van der Waals surface area contributed by atoms with Gasteiger partial charge in [0.05, 0.1) is 20.6 Å². The maximum absolute atomic E-state index is 13.5. The first kappa shape index (κ1) is 20.8. The molecule has 6 heteroatoms. The maximum atomic E-state index is 13.5. The van der Waals surface area contributed by atoms with Crippen molar-refractivity contribution in [2.75, 3.05) is 0 Å². The average molecular weight is 566 g/mol. The minimum absolute atomic E-state index is 0.377. The van der Waals surface area contributed by atoms with Crippen LogP contribution in [-0.2, 0) is 6.61 Å². The van der Waals surface area contributed by atoms with E-state index in [4.69, 9.17) is 4.74 Å². The number of allylic oxidation sites excluding steroid dienone is 1. The SMILES string of the molecule is N#C/C(=C/c1cc(Br)c(OCc2ccc(Br)cc2)c(Br)c1)c1cccc(F)c1. The minimum Gasteiger partial charge on any atom is -0.487 e. The molecule has 0 aliphatic heterocycles. The molecule has 0 N–H and O–H groups in total. The highest BCUT2D eigenvalue weighted by Gasteiger charge is 2.10. The Hall–Kier alpha value is -1.94. The van der Waals surface area contributed by atoms with Crippen molar-refractivity contribution in [3.05, 3.63) is 96.6 Å². The van der Waals surface area contributed by atoms with Gasteiger partial charge in [0.2, 0.25) is 0 Å². The molecule has 28 heavy (non-hydrogen) atoms. The van der Waals surface area contributed by atoms with Gasteiger partial charge in [-0.05, 0) is 91.0 Å². The molecule has 2 nitrogen and oxygen atoms in total. The largest absolute Gasteiger partial charge is 0.487 e. The van der Waals surface area contributed by atoms with Crippen LogP contribution in [0.2, 0.25) is 0 Å². The Morgan fingerprint density at radius 3 is 2.29 bits per heavy atom. The Bertz CT molecular complexity index is 1050. The smallest absolute Gasteiger partial charge is 0.148 e. The van der Waals surface area contributed by atoms with E-state index in [2.05, 4.69) is 53.9 Å². The third kappa shape index (κ3) is 5.32. The lowest BCUT2D eigenvalue weighted by Gasteiger charge is -2.12. The van der Waals surface area contributed by atoms with Gasteiger partial charge in [-0.3, -0.25) is 0 Å². The number of nitrogens with zero attached hydrogens (tertiary/aromatic N) is 1. The van der Waals surface area contributed by atoms with Gasteiger partial charge in [-0.2, -0.15) is 5.26 Å². The number of hydrogen-bond donors (Lipinski definition) is 0. The predicted molar refractivity (Wildman–Crippen MR) is 120 cm³/mol. The number of rotatable bonds is 5. The Kier molecular flexibility index (Phi) is 7.06. The third-order valence-corrected chi connectivity index (χ3v) is 5.59. The molecule has 0 spiro atoms. The maximum Gasteiger partial charge on any atom is 0.148 e. The summed E-state index contributed by atoms with van der Waals surface area (Å²) in [6, 6.07) is 19.7. The fraction of sp³-hybridized carbons (Fsp3) is 0.0455. The summed E-state index contributed by atoms with van der Waals surface area (Å²) in [5.74, 6) is 0.294. The lowest BCUT2D eigenvalue weighted by molar-refractivity contribution is 0.302. The van der Waals surface area contributed by atoms with Crippen molar-refractivity contribution in [1.82, 2.24) is 0 Å². The zero-order valence-electron chi connectivity index (χ0n) is 14.4. The van der Waals surface area contributed by atoms with Crippen LogP contribution in [0, 0.1) is 17.1 Å². The van der Waals surface area contributed by atoms with Gasteiger partial charge in [0, 0.05) is 4.47 Å². The highest BCUT2D eigenvalue weighted by atomic mass is 79.9. The van der Waals surface area contributed by atoms with E-state index < -0.39 is 0 Å². The molecule has 0 amide bonds. The van der Waals surface area contributed by atoms with Gasteiger partial charge in [0.25, 0.3) is 0 Å². The fourth-order valence-corrected chi connectivity index (χ4v) is 4.25. The summed E-state index contributed by atoms with van der Waals surface area (Å²) in [6.07, 6.45) is 1.71. The van der Waals surface area contributed by atoms with Crippen molar-refractivity contribution in [1.29, 1.82) is 5.26 Å². The van der Waals surface area contributed by atoms with Gasteiger partial charge >= 0.3 is 0 Å². The number of benzene rings is 3. The molecule has 0 aliphatic rings. The summed E-state index contributed by atoms with van der Waals surface area (Å²) in [7, 11) is 0. The van der Waals surface area contributed by atoms with Crippen molar-refractivity contribution in [3.8, 4) is 11.8 Å². The fourth-order valence-electron chi connectivity index (χ4n) is 2.54. The van der Waals surface area contributed by atoms with E-state index in [0.29, 0.717) is 23.5 Å². The lowest BCUT2D eigenvalue weighted by atomic mass is 10.0. The van der Waals surface area contributed by atoms with Crippen molar-refractivity contribution < 1.29 is 9.13 Å². The van der Waals surface area contributed by atoms with E-state index in [1.165, 1.54) is 12.1 Å². The second kappa shape index (κ2) is 9.51. The van der Waals surface area contributed by atoms with Crippen LogP contribution in [-0.4, -0.2) is 0 Å². The van der Waals surface area contributed by atoms with Gasteiger partial charge in [0.1, 0.15) is 18.2 Å². The first-order chi connectivity index (χ1) is 13.5. The van der Waals surface area contributed by atoms with E-state index in [9.17, 15) is 9.65 Å². The summed E-state index contributed by atoms with van der Waals surface area (Å²) in [6.45, 7) is 0.423. The van der Waals surface area contributed by atoms with Gasteiger partial charge < -0.3 is 4.74 Å². The van der Waals surface area contributed by atoms with Gasteiger partial charge in [-0.1, -0.05) is 40.2 Å². The van der Waals surface area contributed by atoms with E-state index in [1.807, 2.05) is 36.4 Å².